The Morgan fingerprint density at radius 2 is 1.74 bits per heavy atom. The fourth-order valence-corrected chi connectivity index (χ4v) is 6.16. The first kappa shape index (κ1) is 28.4. The van der Waals surface area contributed by atoms with E-state index in [4.69, 9.17) is 4.98 Å². The molecule has 0 radical (unpaired) electrons. The highest BCUT2D eigenvalue weighted by Gasteiger charge is 2.23. The molecular formula is C35H39N7O. The lowest BCUT2D eigenvalue weighted by atomic mass is 9.93. The molecule has 220 valence electrons. The van der Waals surface area contributed by atoms with Gasteiger partial charge in [0.15, 0.2) is 0 Å². The third kappa shape index (κ3) is 5.12. The molecule has 0 saturated carbocycles. The molecule has 3 aromatic heterocycles. The highest BCUT2D eigenvalue weighted by Crippen LogP contribution is 2.43. The highest BCUT2D eigenvalue weighted by atomic mass is 16.2. The van der Waals surface area contributed by atoms with Crippen molar-refractivity contribution >= 4 is 28.3 Å². The second-order valence-electron chi connectivity index (χ2n) is 11.3. The van der Waals surface area contributed by atoms with Gasteiger partial charge in [0.1, 0.15) is 5.65 Å². The first-order chi connectivity index (χ1) is 20.8. The third-order valence-corrected chi connectivity index (χ3v) is 8.84. The second kappa shape index (κ2) is 11.5. The van der Waals surface area contributed by atoms with Crippen LogP contribution < -0.4 is 9.80 Å². The van der Waals surface area contributed by atoms with Crippen LogP contribution >= 0.6 is 0 Å². The number of amides is 1. The number of likely N-dealkylation sites (N-methyl/N-ethyl adjacent to an activating group) is 2. The number of aryl methyl sites for hydroxylation is 2. The van der Waals surface area contributed by atoms with Crippen molar-refractivity contribution in [1.82, 2.24) is 24.6 Å². The summed E-state index contributed by atoms with van der Waals surface area (Å²) in [5, 5.41) is 5.56. The van der Waals surface area contributed by atoms with E-state index >= 15 is 0 Å². The molecule has 0 aliphatic carbocycles. The number of aromatic amines is 1. The second-order valence-corrected chi connectivity index (χ2v) is 11.3. The predicted octanol–water partition coefficient (Wildman–Crippen LogP) is 6.20. The number of nitrogens with one attached hydrogen (secondary N) is 1. The third-order valence-electron chi connectivity index (χ3n) is 8.84. The minimum absolute atomic E-state index is 0.120. The Morgan fingerprint density at radius 1 is 1.00 bits per heavy atom. The van der Waals surface area contributed by atoms with Crippen LogP contribution in [-0.4, -0.2) is 70.3 Å². The van der Waals surface area contributed by atoms with Crippen molar-refractivity contribution in [2.45, 2.75) is 20.8 Å². The fourth-order valence-electron chi connectivity index (χ4n) is 6.16. The smallest absolute Gasteiger partial charge is 0.250 e. The number of rotatable bonds is 7. The minimum Gasteiger partial charge on any atom is -0.369 e. The molecule has 0 bridgehead atoms. The molecule has 8 nitrogen and oxygen atoms in total. The number of carbonyl (C=O) groups is 1. The minimum atomic E-state index is -0.120. The number of H-pyrrole nitrogens is 1. The van der Waals surface area contributed by atoms with Crippen molar-refractivity contribution in [2.24, 2.45) is 7.05 Å². The summed E-state index contributed by atoms with van der Waals surface area (Å²) in [4.78, 5) is 27.9. The molecule has 0 unspecified atom stereocenters. The monoisotopic (exact) mass is 573 g/mol. The summed E-state index contributed by atoms with van der Waals surface area (Å²) < 4.78 is 1.89. The zero-order chi connectivity index (χ0) is 30.2. The van der Waals surface area contributed by atoms with E-state index in [1.807, 2.05) is 43.2 Å². The lowest BCUT2D eigenvalue weighted by Crippen LogP contribution is -2.44. The summed E-state index contributed by atoms with van der Waals surface area (Å²) in [7, 11) is 4.14. The van der Waals surface area contributed by atoms with Crippen LogP contribution in [0.25, 0.3) is 44.5 Å². The first-order valence-corrected chi connectivity index (χ1v) is 14.9. The van der Waals surface area contributed by atoms with Crippen LogP contribution in [0, 0.1) is 13.8 Å². The molecule has 6 rings (SSSR count). The normalized spacial score (nSPS) is 13.9. The zero-order valence-corrected chi connectivity index (χ0v) is 25.7. The molecule has 0 spiro atoms. The Balaban J connectivity index is 1.53. The van der Waals surface area contributed by atoms with Gasteiger partial charge in [0.05, 0.1) is 11.9 Å². The maximum atomic E-state index is 12.7. The molecule has 1 aliphatic rings. The molecular weight excluding hydrogens is 534 g/mol. The summed E-state index contributed by atoms with van der Waals surface area (Å²) >= 11 is 0. The van der Waals surface area contributed by atoms with Gasteiger partial charge in [-0.15, -0.1) is 0 Å². The van der Waals surface area contributed by atoms with E-state index in [1.54, 1.807) is 4.90 Å². The van der Waals surface area contributed by atoms with Crippen molar-refractivity contribution in [1.29, 1.82) is 0 Å². The SMILES string of the molecule is C=CC(=O)N(CC)c1cccc(-c2c(-c3ccc(N4CCN(C)CC4)cc3)[nH]c3ncc(-c4cnn(C)c4C)c(C)c23)c1. The van der Waals surface area contributed by atoms with Gasteiger partial charge in [-0.3, -0.25) is 9.48 Å². The Morgan fingerprint density at radius 3 is 2.40 bits per heavy atom. The first-order valence-electron chi connectivity index (χ1n) is 14.9. The largest absolute Gasteiger partial charge is 0.369 e. The van der Waals surface area contributed by atoms with Gasteiger partial charge >= 0.3 is 0 Å². The van der Waals surface area contributed by atoms with Crippen LogP contribution in [0.15, 0.2) is 73.6 Å². The summed E-state index contributed by atoms with van der Waals surface area (Å²) in [6.45, 7) is 14.7. The molecule has 1 saturated heterocycles. The average Bonchev–Trinajstić information content (AvgIpc) is 3.58. The van der Waals surface area contributed by atoms with Crippen molar-refractivity contribution in [3.05, 3.63) is 84.8 Å². The Kier molecular flexibility index (Phi) is 7.62. The standard InChI is InChI=1S/C35H39N7O/c1-7-31(43)42(8-2)28-11-9-10-26(20-28)33-32-23(3)29(30-22-37-40(6)24(30)4)21-36-35(32)38-34(33)25-12-14-27(15-13-25)41-18-16-39(5)17-19-41/h7,9-15,20-22H,1,8,16-19H2,2-6H3,(H,36,38). The number of piperazine rings is 1. The van der Waals surface area contributed by atoms with Crippen molar-refractivity contribution in [2.75, 3.05) is 49.6 Å². The molecule has 4 heterocycles. The molecule has 43 heavy (non-hydrogen) atoms. The van der Waals surface area contributed by atoms with Gasteiger partial charge in [-0.05, 0) is 74.9 Å². The zero-order valence-electron chi connectivity index (χ0n) is 25.7. The number of nitrogens with zero attached hydrogens (tertiary/aromatic N) is 6. The Labute approximate surface area is 253 Å². The Hall–Kier alpha value is -4.69. The van der Waals surface area contributed by atoms with Crippen LogP contribution in [0.3, 0.4) is 0 Å². The number of benzene rings is 2. The summed E-state index contributed by atoms with van der Waals surface area (Å²) in [6, 6.07) is 17.0. The van der Waals surface area contributed by atoms with Gasteiger partial charge in [0.2, 0.25) is 5.91 Å². The summed E-state index contributed by atoms with van der Waals surface area (Å²) in [5.74, 6) is -0.120. The molecule has 8 heteroatoms. The number of hydrogen-bond acceptors (Lipinski definition) is 5. The van der Waals surface area contributed by atoms with E-state index in [0.717, 1.165) is 87.7 Å². The van der Waals surface area contributed by atoms with E-state index < -0.39 is 0 Å². The number of hydrogen-bond donors (Lipinski definition) is 1. The molecule has 0 atom stereocenters. The predicted molar refractivity (Wildman–Crippen MR) is 177 cm³/mol. The van der Waals surface area contributed by atoms with Crippen LogP contribution in [0.4, 0.5) is 11.4 Å². The lowest BCUT2D eigenvalue weighted by Gasteiger charge is -2.34. The summed E-state index contributed by atoms with van der Waals surface area (Å²) in [5.41, 5.74) is 11.4. The quantitative estimate of drug-likeness (QED) is 0.235. The fraction of sp³-hybridized carbons (Fsp3) is 0.286. The van der Waals surface area contributed by atoms with Crippen molar-refractivity contribution in [3.63, 3.8) is 0 Å². The van der Waals surface area contributed by atoms with Crippen LogP contribution in [0.1, 0.15) is 18.2 Å². The van der Waals surface area contributed by atoms with Gasteiger partial charge < -0.3 is 19.7 Å². The van der Waals surface area contributed by atoms with Crippen molar-refractivity contribution < 1.29 is 4.79 Å². The molecule has 1 fully saturated rings. The molecule has 1 aliphatic heterocycles. The van der Waals surface area contributed by atoms with E-state index in [0.29, 0.717) is 6.54 Å². The number of aromatic nitrogens is 4. The van der Waals surface area contributed by atoms with Gasteiger partial charge in [-0.1, -0.05) is 30.8 Å². The van der Waals surface area contributed by atoms with Gasteiger partial charge in [-0.2, -0.15) is 5.10 Å². The van der Waals surface area contributed by atoms with Crippen LogP contribution in [0.5, 0.6) is 0 Å². The van der Waals surface area contributed by atoms with E-state index in [-0.39, 0.29) is 5.91 Å². The van der Waals surface area contributed by atoms with Gasteiger partial charge in [0.25, 0.3) is 0 Å². The van der Waals surface area contributed by atoms with Crippen molar-refractivity contribution in [3.8, 4) is 33.5 Å². The molecule has 2 aromatic carbocycles. The maximum absolute atomic E-state index is 12.7. The summed E-state index contributed by atoms with van der Waals surface area (Å²) in [6.07, 6.45) is 5.22. The topological polar surface area (TPSA) is 73.3 Å². The average molecular weight is 574 g/mol. The number of pyridine rings is 1. The molecule has 1 N–H and O–H groups in total. The van der Waals surface area contributed by atoms with Gasteiger partial charge in [0, 0.05) is 85.1 Å². The highest BCUT2D eigenvalue weighted by molar-refractivity contribution is 6.07. The van der Waals surface area contributed by atoms with Crippen LogP contribution in [-0.2, 0) is 11.8 Å². The number of carbonyl (C=O) groups excluding carboxylic acids is 1. The Bertz CT molecular complexity index is 1810. The lowest BCUT2D eigenvalue weighted by molar-refractivity contribution is -0.114. The molecule has 5 aromatic rings. The number of fused-ring (bicyclic) bond motifs is 1. The van der Waals surface area contributed by atoms with E-state index in [2.05, 4.69) is 83.8 Å². The van der Waals surface area contributed by atoms with E-state index in [9.17, 15) is 4.79 Å². The van der Waals surface area contributed by atoms with E-state index in [1.165, 1.54) is 11.8 Å². The number of anilines is 2. The van der Waals surface area contributed by atoms with Gasteiger partial charge in [-0.25, -0.2) is 4.98 Å². The van der Waals surface area contributed by atoms with Crippen LogP contribution in [0.2, 0.25) is 0 Å². The maximum Gasteiger partial charge on any atom is 0.250 e. The molecule has 1 amide bonds.